The molecule has 0 amide bonds. The van der Waals surface area contributed by atoms with Gasteiger partial charge < -0.3 is 9.47 Å². The summed E-state index contributed by atoms with van der Waals surface area (Å²) < 4.78 is 11.5. The molecule has 0 N–H and O–H groups in total. The van der Waals surface area contributed by atoms with Crippen LogP contribution in [0.25, 0.3) is 0 Å². The summed E-state index contributed by atoms with van der Waals surface area (Å²) in [6.07, 6.45) is 6.14. The Bertz CT molecular complexity index is 169. The molecular formula is C11H20O2. The van der Waals surface area contributed by atoms with Crippen molar-refractivity contribution in [3.05, 3.63) is 12.2 Å². The van der Waals surface area contributed by atoms with Crippen molar-refractivity contribution in [2.75, 3.05) is 13.2 Å². The number of allylic oxidation sites excluding steroid dienone is 1. The minimum Gasteiger partial charge on any atom is -0.349 e. The summed E-state index contributed by atoms with van der Waals surface area (Å²) in [7, 11) is 0. The molecule has 13 heavy (non-hydrogen) atoms. The van der Waals surface area contributed by atoms with Gasteiger partial charge in [-0.15, -0.1) is 0 Å². The third-order valence-corrected chi connectivity index (χ3v) is 2.65. The Morgan fingerprint density at radius 3 is 2.46 bits per heavy atom. The minimum absolute atomic E-state index is 0.336. The van der Waals surface area contributed by atoms with Gasteiger partial charge in [0.1, 0.15) is 0 Å². The second-order valence-electron chi connectivity index (χ2n) is 3.53. The first-order chi connectivity index (χ1) is 6.25. The van der Waals surface area contributed by atoms with Crippen LogP contribution in [0.4, 0.5) is 0 Å². The summed E-state index contributed by atoms with van der Waals surface area (Å²) in [5.41, 5.74) is 0. The van der Waals surface area contributed by atoms with Gasteiger partial charge in [0.05, 0.1) is 13.2 Å². The maximum absolute atomic E-state index is 5.76. The molecule has 2 heteroatoms. The van der Waals surface area contributed by atoms with E-state index in [0.29, 0.717) is 5.92 Å². The zero-order valence-electron chi connectivity index (χ0n) is 8.88. The van der Waals surface area contributed by atoms with Crippen LogP contribution in [0.1, 0.15) is 33.6 Å². The lowest BCUT2D eigenvalue weighted by Crippen LogP contribution is -2.45. The average molecular weight is 184 g/mol. The number of ether oxygens (including phenoxy) is 2. The highest BCUT2D eigenvalue weighted by molar-refractivity contribution is 4.92. The Balaban J connectivity index is 2.66. The van der Waals surface area contributed by atoms with Crippen molar-refractivity contribution in [1.29, 1.82) is 0 Å². The predicted molar refractivity (Wildman–Crippen MR) is 53.5 cm³/mol. The SMILES string of the molecule is C/C=C\C(C)C1(CC)OCCCO1. The van der Waals surface area contributed by atoms with Crippen molar-refractivity contribution in [2.24, 2.45) is 5.92 Å². The standard InChI is InChI=1S/C11H20O2/c1-4-7-10(3)11(5-2)12-8-6-9-13-11/h4,7,10H,5-6,8-9H2,1-3H3/b7-4-. The molecule has 1 fully saturated rings. The van der Waals surface area contributed by atoms with Crippen LogP contribution in [0, 0.1) is 5.92 Å². The monoisotopic (exact) mass is 184 g/mol. The molecule has 0 aliphatic carbocycles. The highest BCUT2D eigenvalue weighted by atomic mass is 16.7. The van der Waals surface area contributed by atoms with Crippen molar-refractivity contribution in [3.63, 3.8) is 0 Å². The largest absolute Gasteiger partial charge is 0.349 e. The summed E-state index contributed by atoms with van der Waals surface area (Å²) in [5.74, 6) is -0.0205. The van der Waals surface area contributed by atoms with Crippen molar-refractivity contribution < 1.29 is 9.47 Å². The first-order valence-corrected chi connectivity index (χ1v) is 5.16. The van der Waals surface area contributed by atoms with E-state index in [2.05, 4.69) is 26.0 Å². The van der Waals surface area contributed by atoms with Crippen LogP contribution >= 0.6 is 0 Å². The third-order valence-electron chi connectivity index (χ3n) is 2.65. The summed E-state index contributed by atoms with van der Waals surface area (Å²) >= 11 is 0. The quantitative estimate of drug-likeness (QED) is 0.628. The van der Waals surface area contributed by atoms with Crippen LogP contribution < -0.4 is 0 Å². The molecule has 0 aromatic heterocycles. The molecule has 0 saturated carbocycles. The number of rotatable bonds is 3. The van der Waals surface area contributed by atoms with E-state index in [9.17, 15) is 0 Å². The van der Waals surface area contributed by atoms with E-state index in [4.69, 9.17) is 9.47 Å². The summed E-state index contributed by atoms with van der Waals surface area (Å²) in [6.45, 7) is 7.95. The van der Waals surface area contributed by atoms with Gasteiger partial charge in [0.15, 0.2) is 5.79 Å². The fourth-order valence-corrected chi connectivity index (χ4v) is 1.81. The van der Waals surface area contributed by atoms with Crippen molar-refractivity contribution >= 4 is 0 Å². The van der Waals surface area contributed by atoms with Gasteiger partial charge >= 0.3 is 0 Å². The van der Waals surface area contributed by atoms with Gasteiger partial charge in [0.25, 0.3) is 0 Å². The van der Waals surface area contributed by atoms with Crippen molar-refractivity contribution in [2.45, 2.75) is 39.4 Å². The van der Waals surface area contributed by atoms with Crippen molar-refractivity contribution in [1.82, 2.24) is 0 Å². The fraction of sp³-hybridized carbons (Fsp3) is 0.818. The van der Waals surface area contributed by atoms with E-state index in [1.807, 2.05) is 6.92 Å². The van der Waals surface area contributed by atoms with Gasteiger partial charge in [-0.05, 0) is 19.8 Å². The molecule has 0 aromatic rings. The predicted octanol–water partition coefficient (Wildman–Crippen LogP) is 2.74. The van der Waals surface area contributed by atoms with E-state index in [1.165, 1.54) is 0 Å². The van der Waals surface area contributed by atoms with Gasteiger partial charge in [-0.3, -0.25) is 0 Å². The van der Waals surface area contributed by atoms with E-state index < -0.39 is 0 Å². The molecular weight excluding hydrogens is 164 g/mol. The molecule has 1 aliphatic rings. The van der Waals surface area contributed by atoms with Gasteiger partial charge in [-0.1, -0.05) is 26.0 Å². The third kappa shape index (κ3) is 2.32. The molecule has 0 bridgehead atoms. The summed E-state index contributed by atoms with van der Waals surface area (Å²) in [5, 5.41) is 0. The first-order valence-electron chi connectivity index (χ1n) is 5.16. The second kappa shape index (κ2) is 4.77. The van der Waals surface area contributed by atoms with Crippen LogP contribution in [0.5, 0.6) is 0 Å². The smallest absolute Gasteiger partial charge is 0.173 e. The van der Waals surface area contributed by atoms with E-state index in [0.717, 1.165) is 26.1 Å². The lowest BCUT2D eigenvalue weighted by atomic mass is 9.96. The van der Waals surface area contributed by atoms with E-state index in [1.54, 1.807) is 0 Å². The molecule has 1 heterocycles. The maximum atomic E-state index is 5.76. The van der Waals surface area contributed by atoms with Crippen LogP contribution in [-0.2, 0) is 9.47 Å². The second-order valence-corrected chi connectivity index (χ2v) is 3.53. The molecule has 2 nitrogen and oxygen atoms in total. The van der Waals surface area contributed by atoms with Crippen LogP contribution in [0.3, 0.4) is 0 Å². The van der Waals surface area contributed by atoms with Gasteiger partial charge in [-0.25, -0.2) is 0 Å². The molecule has 0 radical (unpaired) electrons. The molecule has 76 valence electrons. The molecule has 0 spiro atoms. The van der Waals surface area contributed by atoms with Crippen LogP contribution in [0.2, 0.25) is 0 Å². The molecule has 1 aliphatic heterocycles. The normalized spacial score (nSPS) is 24.8. The minimum atomic E-state index is -0.356. The van der Waals surface area contributed by atoms with Crippen molar-refractivity contribution in [3.8, 4) is 0 Å². The molecule has 1 rings (SSSR count). The maximum Gasteiger partial charge on any atom is 0.173 e. The van der Waals surface area contributed by atoms with E-state index in [-0.39, 0.29) is 5.79 Å². The Hall–Kier alpha value is -0.340. The highest BCUT2D eigenvalue weighted by Crippen LogP contribution is 2.31. The number of hydrogen-bond donors (Lipinski definition) is 0. The zero-order valence-corrected chi connectivity index (χ0v) is 8.88. The Kier molecular flexibility index (Phi) is 3.94. The topological polar surface area (TPSA) is 18.5 Å². The van der Waals surface area contributed by atoms with Gasteiger partial charge in [-0.2, -0.15) is 0 Å². The average Bonchev–Trinajstić information content (AvgIpc) is 2.19. The summed E-state index contributed by atoms with van der Waals surface area (Å²) in [4.78, 5) is 0. The van der Waals surface area contributed by atoms with Gasteiger partial charge in [0.2, 0.25) is 0 Å². The lowest BCUT2D eigenvalue weighted by molar-refractivity contribution is -0.285. The molecule has 1 saturated heterocycles. The first kappa shape index (κ1) is 10.7. The molecule has 1 atom stereocenters. The lowest BCUT2D eigenvalue weighted by Gasteiger charge is -2.40. The Labute approximate surface area is 80.9 Å². The van der Waals surface area contributed by atoms with Crippen LogP contribution in [-0.4, -0.2) is 19.0 Å². The Morgan fingerprint density at radius 1 is 1.38 bits per heavy atom. The molecule has 1 unspecified atom stereocenters. The molecule has 0 aromatic carbocycles. The van der Waals surface area contributed by atoms with Crippen LogP contribution in [0.15, 0.2) is 12.2 Å². The van der Waals surface area contributed by atoms with E-state index >= 15 is 0 Å². The van der Waals surface area contributed by atoms with Gasteiger partial charge in [0, 0.05) is 5.92 Å². The highest BCUT2D eigenvalue weighted by Gasteiger charge is 2.37. The number of hydrogen-bond acceptors (Lipinski definition) is 2. The fourth-order valence-electron chi connectivity index (χ4n) is 1.81. The summed E-state index contributed by atoms with van der Waals surface area (Å²) in [6, 6.07) is 0. The zero-order chi connectivity index (χ0) is 9.73. The Morgan fingerprint density at radius 2 is 2.00 bits per heavy atom.